The number of hydrogen-bond acceptors (Lipinski definition) is 3. The molecule has 0 aliphatic rings. The van der Waals surface area contributed by atoms with E-state index in [4.69, 9.17) is 5.73 Å². The molecular formula is C18H24Cl2N2O2. The van der Waals surface area contributed by atoms with Crippen LogP contribution in [0.2, 0.25) is 0 Å². The van der Waals surface area contributed by atoms with Crippen LogP contribution in [0.25, 0.3) is 11.1 Å². The summed E-state index contributed by atoms with van der Waals surface area (Å²) in [6, 6.07) is 9.55. The molecule has 0 radical (unpaired) electrons. The number of halogens is 2. The van der Waals surface area contributed by atoms with Gasteiger partial charge in [0.2, 0.25) is 0 Å². The number of benzene rings is 1. The summed E-state index contributed by atoms with van der Waals surface area (Å²) in [6.07, 6.45) is 0.785. The lowest BCUT2D eigenvalue weighted by Crippen LogP contribution is -2.15. The maximum absolute atomic E-state index is 11.7. The van der Waals surface area contributed by atoms with Crippen LogP contribution in [0.15, 0.2) is 30.3 Å². The molecule has 2 rings (SSSR count). The van der Waals surface area contributed by atoms with Gasteiger partial charge < -0.3 is 10.8 Å². The number of hydrogen-bond donors (Lipinski definition) is 2. The number of carboxylic acids is 1. The summed E-state index contributed by atoms with van der Waals surface area (Å²) < 4.78 is 0. The van der Waals surface area contributed by atoms with Gasteiger partial charge >= 0.3 is 5.97 Å². The zero-order chi connectivity index (χ0) is 16.3. The van der Waals surface area contributed by atoms with Gasteiger partial charge in [0.05, 0.1) is 11.3 Å². The van der Waals surface area contributed by atoms with Gasteiger partial charge in [0.25, 0.3) is 0 Å². The lowest BCUT2D eigenvalue weighted by atomic mass is 9.90. The second kappa shape index (κ2) is 9.62. The lowest BCUT2D eigenvalue weighted by molar-refractivity contribution is 0.0696. The number of rotatable bonds is 5. The maximum atomic E-state index is 11.7. The number of aromatic carboxylic acids is 1. The van der Waals surface area contributed by atoms with Crippen molar-refractivity contribution >= 4 is 30.8 Å². The van der Waals surface area contributed by atoms with Crippen molar-refractivity contribution in [3.63, 3.8) is 0 Å². The number of carboxylic acid groups (broad SMARTS) is 1. The van der Waals surface area contributed by atoms with Crippen molar-refractivity contribution in [2.75, 3.05) is 0 Å². The van der Waals surface area contributed by atoms with Crippen LogP contribution >= 0.6 is 24.8 Å². The van der Waals surface area contributed by atoms with Gasteiger partial charge in [0, 0.05) is 17.8 Å². The van der Waals surface area contributed by atoms with Gasteiger partial charge in [-0.25, -0.2) is 4.79 Å². The van der Waals surface area contributed by atoms with Crippen LogP contribution in [-0.4, -0.2) is 16.1 Å². The monoisotopic (exact) mass is 370 g/mol. The molecule has 0 aliphatic carbocycles. The highest BCUT2D eigenvalue weighted by Gasteiger charge is 2.22. The highest BCUT2D eigenvalue weighted by Crippen LogP contribution is 2.32. The van der Waals surface area contributed by atoms with Crippen molar-refractivity contribution in [1.82, 2.24) is 4.98 Å². The number of aromatic nitrogens is 1. The van der Waals surface area contributed by atoms with Gasteiger partial charge in [0.1, 0.15) is 0 Å². The molecule has 0 saturated heterocycles. The van der Waals surface area contributed by atoms with Crippen LogP contribution in [-0.2, 0) is 13.0 Å². The van der Waals surface area contributed by atoms with E-state index in [0.29, 0.717) is 17.2 Å². The minimum absolute atomic E-state index is 0. The van der Waals surface area contributed by atoms with E-state index >= 15 is 0 Å². The molecule has 0 unspecified atom stereocenters. The van der Waals surface area contributed by atoms with Crippen LogP contribution in [0.3, 0.4) is 0 Å². The van der Waals surface area contributed by atoms with E-state index in [0.717, 1.165) is 23.2 Å². The summed E-state index contributed by atoms with van der Waals surface area (Å²) in [6.45, 7) is 6.26. The third-order valence-corrected chi connectivity index (χ3v) is 3.65. The number of nitrogens with zero attached hydrogens (tertiary/aromatic N) is 1. The van der Waals surface area contributed by atoms with Crippen molar-refractivity contribution in [2.24, 2.45) is 11.7 Å². The third kappa shape index (κ3) is 4.69. The Morgan fingerprint density at radius 1 is 1.21 bits per heavy atom. The average molecular weight is 371 g/mol. The van der Waals surface area contributed by atoms with Crippen LogP contribution in [0.1, 0.15) is 41.2 Å². The van der Waals surface area contributed by atoms with Crippen LogP contribution in [0.4, 0.5) is 0 Å². The van der Waals surface area contributed by atoms with Crippen molar-refractivity contribution in [2.45, 2.75) is 33.7 Å². The van der Waals surface area contributed by atoms with Crippen molar-refractivity contribution in [3.8, 4) is 11.1 Å². The first kappa shape index (κ1) is 22.4. The summed E-state index contributed by atoms with van der Waals surface area (Å²) in [7, 11) is 0. The molecule has 1 aromatic heterocycles. The molecule has 0 spiro atoms. The van der Waals surface area contributed by atoms with E-state index in [1.165, 1.54) is 0 Å². The lowest BCUT2D eigenvalue weighted by Gasteiger charge is -2.19. The second-order valence-electron chi connectivity index (χ2n) is 5.85. The Morgan fingerprint density at radius 2 is 1.79 bits per heavy atom. The second-order valence-corrected chi connectivity index (χ2v) is 5.85. The first-order chi connectivity index (χ1) is 10.5. The Morgan fingerprint density at radius 3 is 2.25 bits per heavy atom. The number of pyridine rings is 1. The summed E-state index contributed by atoms with van der Waals surface area (Å²) in [4.78, 5) is 16.3. The molecule has 2 aromatic rings. The van der Waals surface area contributed by atoms with E-state index in [2.05, 4.69) is 18.8 Å². The average Bonchev–Trinajstić information content (AvgIpc) is 2.46. The largest absolute Gasteiger partial charge is 0.478 e. The molecule has 132 valence electrons. The fraction of sp³-hybridized carbons (Fsp3) is 0.333. The first-order valence-electron chi connectivity index (χ1n) is 7.46. The Hall–Kier alpha value is -1.62. The van der Waals surface area contributed by atoms with Gasteiger partial charge in [-0.05, 0) is 30.4 Å². The Kier molecular flexibility index (Phi) is 8.97. The molecule has 0 aliphatic heterocycles. The topological polar surface area (TPSA) is 76.2 Å². The van der Waals surface area contributed by atoms with Gasteiger partial charge in [-0.2, -0.15) is 0 Å². The number of aryl methyl sites for hydroxylation is 1. The predicted octanol–water partition coefficient (Wildman–Crippen LogP) is 4.26. The van der Waals surface area contributed by atoms with E-state index < -0.39 is 5.97 Å². The molecule has 0 atom stereocenters. The Balaban J connectivity index is 0.00000264. The van der Waals surface area contributed by atoms with Gasteiger partial charge in [-0.15, -0.1) is 24.8 Å². The molecule has 0 fully saturated rings. The zero-order valence-electron chi connectivity index (χ0n) is 14.1. The van der Waals surface area contributed by atoms with Crippen molar-refractivity contribution in [3.05, 3.63) is 52.8 Å². The molecule has 24 heavy (non-hydrogen) atoms. The molecular weight excluding hydrogens is 347 g/mol. The molecule has 3 N–H and O–H groups in total. The Bertz CT molecular complexity index is 689. The summed E-state index contributed by atoms with van der Waals surface area (Å²) in [5.41, 5.74) is 10.1. The summed E-state index contributed by atoms with van der Waals surface area (Å²) in [5.74, 6) is -0.536. The van der Waals surface area contributed by atoms with Crippen molar-refractivity contribution < 1.29 is 9.90 Å². The minimum atomic E-state index is -0.963. The van der Waals surface area contributed by atoms with E-state index in [9.17, 15) is 9.90 Å². The van der Waals surface area contributed by atoms with E-state index in [1.54, 1.807) is 6.92 Å². The van der Waals surface area contributed by atoms with Gasteiger partial charge in [0.15, 0.2) is 0 Å². The minimum Gasteiger partial charge on any atom is -0.478 e. The standard InChI is InChI=1S/C18H22N2O2.2ClH/c1-11(2)9-15-14(10-19)17(13-7-5-4-6-8-13)16(18(21)22)12(3)20-15;;/h4-8,11H,9-10,19H2,1-3H3,(H,21,22);2*1H. The normalized spacial score (nSPS) is 10.0. The summed E-state index contributed by atoms with van der Waals surface area (Å²) >= 11 is 0. The van der Waals surface area contributed by atoms with Gasteiger partial charge in [-0.1, -0.05) is 44.2 Å². The smallest absolute Gasteiger partial charge is 0.338 e. The van der Waals surface area contributed by atoms with Crippen LogP contribution in [0, 0.1) is 12.8 Å². The molecule has 6 heteroatoms. The van der Waals surface area contributed by atoms with Crippen LogP contribution < -0.4 is 5.73 Å². The highest BCUT2D eigenvalue weighted by molar-refractivity contribution is 5.98. The van der Waals surface area contributed by atoms with Crippen molar-refractivity contribution in [1.29, 1.82) is 0 Å². The molecule has 0 saturated carbocycles. The predicted molar refractivity (Wildman–Crippen MR) is 102 cm³/mol. The molecule has 4 nitrogen and oxygen atoms in total. The number of nitrogens with two attached hydrogens (primary N) is 1. The molecule has 0 bridgehead atoms. The number of carbonyl (C=O) groups is 1. The summed E-state index contributed by atoms with van der Waals surface area (Å²) in [5, 5.41) is 9.62. The molecule has 1 heterocycles. The Labute approximate surface area is 155 Å². The SMILES string of the molecule is Cc1nc(CC(C)C)c(CN)c(-c2ccccc2)c1C(=O)O.Cl.Cl. The quantitative estimate of drug-likeness (QED) is 0.824. The van der Waals surface area contributed by atoms with Crippen LogP contribution in [0.5, 0.6) is 0 Å². The fourth-order valence-electron chi connectivity index (χ4n) is 2.76. The fourth-order valence-corrected chi connectivity index (χ4v) is 2.76. The highest BCUT2D eigenvalue weighted by atomic mass is 35.5. The van der Waals surface area contributed by atoms with Gasteiger partial charge in [-0.3, -0.25) is 4.98 Å². The molecule has 1 aromatic carbocycles. The zero-order valence-corrected chi connectivity index (χ0v) is 15.7. The first-order valence-corrected chi connectivity index (χ1v) is 7.46. The van der Waals surface area contributed by atoms with E-state index in [-0.39, 0.29) is 36.9 Å². The van der Waals surface area contributed by atoms with E-state index in [1.807, 2.05) is 30.3 Å². The maximum Gasteiger partial charge on any atom is 0.338 e. The third-order valence-electron chi connectivity index (χ3n) is 3.65. The molecule has 0 amide bonds.